The SMILES string of the molecule is CC(C)(CCOC(C)(C)CC(=O)O)NC(=O)CC(C)(C)OCCC(C)(C)NC(=O)c1ccc(NS(=O)(=O)c2ccc(OC(C)(C)CC(C)(C)C(=O)O)cc2)nc1. The van der Waals surface area contributed by atoms with E-state index < -0.39 is 61.2 Å². The molecule has 15 nitrogen and oxygen atoms in total. The minimum atomic E-state index is -4.03. The van der Waals surface area contributed by atoms with Gasteiger partial charge in [0.1, 0.15) is 17.2 Å². The van der Waals surface area contributed by atoms with E-state index in [0.717, 1.165) is 0 Å². The van der Waals surface area contributed by atoms with Crippen LogP contribution >= 0.6 is 0 Å². The quantitative estimate of drug-likeness (QED) is 0.0850. The highest BCUT2D eigenvalue weighted by Crippen LogP contribution is 2.32. The lowest BCUT2D eigenvalue weighted by Gasteiger charge is -2.32. The van der Waals surface area contributed by atoms with Gasteiger partial charge in [0.25, 0.3) is 15.9 Å². The topological polar surface area (TPSA) is 220 Å². The molecule has 0 bridgehead atoms. The minimum absolute atomic E-state index is 0.00856. The molecule has 1 aromatic carbocycles. The second kappa shape index (κ2) is 18.3. The van der Waals surface area contributed by atoms with Crippen molar-refractivity contribution in [2.75, 3.05) is 17.9 Å². The van der Waals surface area contributed by atoms with Crippen molar-refractivity contribution in [3.63, 3.8) is 0 Å². The number of nitrogens with one attached hydrogen (secondary N) is 3. The fourth-order valence-corrected chi connectivity index (χ4v) is 6.92. The number of carboxylic acids is 2. The summed E-state index contributed by atoms with van der Waals surface area (Å²) in [6, 6.07) is 8.56. The van der Waals surface area contributed by atoms with Gasteiger partial charge in [-0.2, -0.15) is 0 Å². The van der Waals surface area contributed by atoms with Gasteiger partial charge in [0.05, 0.1) is 39.9 Å². The molecule has 0 aliphatic rings. The Labute approximate surface area is 331 Å². The van der Waals surface area contributed by atoms with Gasteiger partial charge in [-0.25, -0.2) is 13.4 Å². The fraction of sp³-hybridized carbons (Fsp3) is 0.625. The Morgan fingerprint density at radius 3 is 1.70 bits per heavy atom. The highest BCUT2D eigenvalue weighted by molar-refractivity contribution is 7.92. The summed E-state index contributed by atoms with van der Waals surface area (Å²) >= 11 is 0. The number of carbonyl (C=O) groups excluding carboxylic acids is 2. The number of nitrogens with zero attached hydrogens (tertiary/aromatic N) is 1. The number of carbonyl (C=O) groups is 4. The van der Waals surface area contributed by atoms with E-state index in [9.17, 15) is 32.7 Å². The first-order chi connectivity index (χ1) is 25.3. The summed E-state index contributed by atoms with van der Waals surface area (Å²) in [6.45, 7) is 21.7. The van der Waals surface area contributed by atoms with Crippen molar-refractivity contribution in [1.82, 2.24) is 15.6 Å². The van der Waals surface area contributed by atoms with Gasteiger partial charge in [0.2, 0.25) is 5.91 Å². The summed E-state index contributed by atoms with van der Waals surface area (Å²) in [5.41, 5.74) is -4.56. The summed E-state index contributed by atoms with van der Waals surface area (Å²) in [6.07, 6.45) is 2.35. The van der Waals surface area contributed by atoms with Crippen LogP contribution in [0.25, 0.3) is 0 Å². The number of benzene rings is 1. The number of hydrogen-bond donors (Lipinski definition) is 5. The maximum atomic E-state index is 13.1. The van der Waals surface area contributed by atoms with Crippen LogP contribution in [-0.4, -0.2) is 88.5 Å². The number of rotatable bonds is 23. The molecule has 2 aromatic rings. The Balaban J connectivity index is 1.88. The molecule has 1 heterocycles. The van der Waals surface area contributed by atoms with Crippen molar-refractivity contribution in [3.8, 4) is 5.75 Å². The molecule has 1 aromatic heterocycles. The zero-order valence-electron chi connectivity index (χ0n) is 34.9. The molecule has 2 rings (SSSR count). The lowest BCUT2D eigenvalue weighted by atomic mass is 9.82. The van der Waals surface area contributed by atoms with Gasteiger partial charge < -0.3 is 35.1 Å². The summed E-state index contributed by atoms with van der Waals surface area (Å²) in [5.74, 6) is -2.13. The van der Waals surface area contributed by atoms with Crippen molar-refractivity contribution in [3.05, 3.63) is 48.2 Å². The van der Waals surface area contributed by atoms with Crippen LogP contribution in [-0.2, 0) is 33.9 Å². The van der Waals surface area contributed by atoms with E-state index in [-0.39, 0.29) is 54.7 Å². The number of anilines is 1. The van der Waals surface area contributed by atoms with Crippen molar-refractivity contribution in [2.24, 2.45) is 5.41 Å². The maximum absolute atomic E-state index is 13.1. The molecule has 0 radical (unpaired) electrons. The zero-order chi connectivity index (χ0) is 43.0. The van der Waals surface area contributed by atoms with E-state index in [1.54, 1.807) is 41.5 Å². The van der Waals surface area contributed by atoms with Gasteiger partial charge in [0, 0.05) is 36.9 Å². The third kappa shape index (κ3) is 16.8. The Bertz CT molecular complexity index is 1780. The predicted molar refractivity (Wildman–Crippen MR) is 212 cm³/mol. The molecule has 0 spiro atoms. The Hall–Kier alpha value is -4.28. The van der Waals surface area contributed by atoms with Crippen molar-refractivity contribution < 1.29 is 52.0 Å². The van der Waals surface area contributed by atoms with E-state index in [1.165, 1.54) is 42.6 Å². The zero-order valence-corrected chi connectivity index (χ0v) is 35.7. The Morgan fingerprint density at radius 1 is 0.696 bits per heavy atom. The van der Waals surface area contributed by atoms with Gasteiger partial charge in [-0.15, -0.1) is 0 Å². The van der Waals surface area contributed by atoms with Crippen LogP contribution < -0.4 is 20.1 Å². The molecule has 314 valence electrons. The van der Waals surface area contributed by atoms with E-state index in [1.807, 2.05) is 41.5 Å². The second-order valence-electron chi connectivity index (χ2n) is 18.0. The Kier molecular flexibility index (Phi) is 15.7. The van der Waals surface area contributed by atoms with Gasteiger partial charge in [0.15, 0.2) is 0 Å². The van der Waals surface area contributed by atoms with Crippen LogP contribution in [0.1, 0.15) is 126 Å². The van der Waals surface area contributed by atoms with Crippen molar-refractivity contribution in [1.29, 1.82) is 0 Å². The summed E-state index contributed by atoms with van der Waals surface area (Å²) < 4.78 is 46.3. The highest BCUT2D eigenvalue weighted by atomic mass is 32.2. The molecule has 56 heavy (non-hydrogen) atoms. The molecule has 0 saturated heterocycles. The monoisotopic (exact) mass is 806 g/mol. The summed E-state index contributed by atoms with van der Waals surface area (Å²) in [5, 5.41) is 24.4. The first kappa shape index (κ1) is 47.9. The molecular formula is C40H62N4O11S. The minimum Gasteiger partial charge on any atom is -0.488 e. The largest absolute Gasteiger partial charge is 0.488 e. The predicted octanol–water partition coefficient (Wildman–Crippen LogP) is 6.18. The number of carboxylic acid groups (broad SMARTS) is 2. The molecule has 5 N–H and O–H groups in total. The second-order valence-corrected chi connectivity index (χ2v) is 19.7. The number of aromatic nitrogens is 1. The first-order valence-corrected chi connectivity index (χ1v) is 20.0. The van der Waals surface area contributed by atoms with Crippen molar-refractivity contribution >= 4 is 39.6 Å². The fourth-order valence-electron chi connectivity index (χ4n) is 5.91. The van der Waals surface area contributed by atoms with E-state index >= 15 is 0 Å². The average Bonchev–Trinajstić information content (AvgIpc) is 2.98. The van der Waals surface area contributed by atoms with Crippen LogP contribution in [0.2, 0.25) is 0 Å². The third-order valence-corrected chi connectivity index (χ3v) is 10.1. The van der Waals surface area contributed by atoms with Gasteiger partial charge >= 0.3 is 11.9 Å². The lowest BCUT2D eigenvalue weighted by molar-refractivity contribution is -0.149. The lowest BCUT2D eigenvalue weighted by Crippen LogP contribution is -2.47. The molecule has 0 aliphatic heterocycles. The molecule has 0 saturated carbocycles. The van der Waals surface area contributed by atoms with Crippen molar-refractivity contribution in [2.45, 2.75) is 148 Å². The normalized spacial score (nSPS) is 13.1. The summed E-state index contributed by atoms with van der Waals surface area (Å²) in [7, 11) is -4.03. The first-order valence-electron chi connectivity index (χ1n) is 18.5. The van der Waals surface area contributed by atoms with Crippen LogP contribution in [0.4, 0.5) is 5.82 Å². The Morgan fingerprint density at radius 2 is 1.21 bits per heavy atom. The molecule has 0 fully saturated rings. The van der Waals surface area contributed by atoms with Crippen LogP contribution in [0, 0.1) is 5.41 Å². The molecule has 0 atom stereocenters. The molecule has 16 heteroatoms. The molecule has 0 unspecified atom stereocenters. The number of aliphatic carboxylic acids is 2. The molecular weight excluding hydrogens is 745 g/mol. The highest BCUT2D eigenvalue weighted by Gasteiger charge is 2.36. The number of pyridine rings is 1. The molecule has 2 amide bonds. The number of amides is 2. The van der Waals surface area contributed by atoms with Crippen LogP contribution in [0.15, 0.2) is 47.5 Å². The standard InChI is InChI=1S/C40H62N4O11S/c1-35(2,34(49)50)26-40(11,12)55-28-14-16-29(17-15-28)56(51,52)44-30-18-13-27(25-41-30)33(48)43-37(5,6)20-22-53-38(7,8)23-31(45)42-36(3,4)19-21-54-39(9,10)24-32(46)47/h13-18,25H,19-24,26H2,1-12H3,(H,41,44)(H,42,45)(H,43,48)(H,46,47)(H,49,50). The van der Waals surface area contributed by atoms with Gasteiger partial charge in [-0.3, -0.25) is 23.9 Å². The third-order valence-electron chi connectivity index (χ3n) is 8.77. The van der Waals surface area contributed by atoms with Crippen LogP contribution in [0.3, 0.4) is 0 Å². The average molecular weight is 807 g/mol. The van der Waals surface area contributed by atoms with Gasteiger partial charge in [-0.05, 0) is 132 Å². The van der Waals surface area contributed by atoms with E-state index in [4.69, 9.17) is 19.3 Å². The van der Waals surface area contributed by atoms with Crippen LogP contribution in [0.5, 0.6) is 5.75 Å². The summed E-state index contributed by atoms with van der Waals surface area (Å²) in [4.78, 5) is 52.6. The van der Waals surface area contributed by atoms with E-state index in [2.05, 4.69) is 20.3 Å². The number of hydrogen-bond acceptors (Lipinski definition) is 10. The molecule has 0 aliphatic carbocycles. The van der Waals surface area contributed by atoms with Gasteiger partial charge in [-0.1, -0.05) is 0 Å². The van der Waals surface area contributed by atoms with E-state index in [0.29, 0.717) is 18.6 Å². The smallest absolute Gasteiger partial charge is 0.309 e. The maximum Gasteiger partial charge on any atom is 0.309 e. The number of ether oxygens (including phenoxy) is 3. The number of sulfonamides is 1.